The fraction of sp³-hybridized carbons (Fsp3) is 0.259. The van der Waals surface area contributed by atoms with Crippen LogP contribution in [0.25, 0.3) is 0 Å². The number of amides is 2. The van der Waals surface area contributed by atoms with Crippen molar-refractivity contribution in [3.8, 4) is 5.75 Å². The average molecular weight is 515 g/mol. The van der Waals surface area contributed by atoms with Crippen LogP contribution in [0.3, 0.4) is 0 Å². The van der Waals surface area contributed by atoms with E-state index in [1.807, 2.05) is 30.3 Å². The first-order valence-electron chi connectivity index (χ1n) is 11.0. The van der Waals surface area contributed by atoms with Crippen molar-refractivity contribution in [1.82, 2.24) is 10.4 Å². The Kier molecular flexibility index (Phi) is 8.11. The highest BCUT2D eigenvalue weighted by atomic mass is 35.5. The summed E-state index contributed by atoms with van der Waals surface area (Å²) in [4.78, 5) is 27.8. The molecular weight excluding hydrogens is 487 g/mol. The number of benzene rings is 3. The summed E-state index contributed by atoms with van der Waals surface area (Å²) in [6, 6.07) is 20.8. The van der Waals surface area contributed by atoms with Gasteiger partial charge in [-0.25, -0.2) is 5.06 Å². The van der Waals surface area contributed by atoms with E-state index in [0.717, 1.165) is 5.56 Å². The van der Waals surface area contributed by atoms with Crippen LogP contribution in [-0.2, 0) is 16.8 Å². The lowest BCUT2D eigenvalue weighted by molar-refractivity contribution is -0.194. The normalized spacial score (nSPS) is 13.0. The molecule has 2 amide bonds. The first-order chi connectivity index (χ1) is 16.5. The molecule has 0 saturated carbocycles. The quantitative estimate of drug-likeness (QED) is 0.304. The molecule has 3 aromatic rings. The van der Waals surface area contributed by atoms with Gasteiger partial charge in [-0.2, -0.15) is 0 Å². The number of methoxy groups -OCH3 is 1. The van der Waals surface area contributed by atoms with E-state index >= 15 is 0 Å². The molecule has 35 heavy (non-hydrogen) atoms. The van der Waals surface area contributed by atoms with Gasteiger partial charge in [0.1, 0.15) is 5.75 Å². The van der Waals surface area contributed by atoms with Crippen LogP contribution in [-0.4, -0.2) is 34.7 Å². The summed E-state index contributed by atoms with van der Waals surface area (Å²) in [5, 5.41) is 14.8. The predicted molar refractivity (Wildman–Crippen MR) is 137 cm³/mol. The van der Waals surface area contributed by atoms with Gasteiger partial charge < -0.3 is 10.1 Å². The molecule has 0 fully saturated rings. The first-order valence-corrected chi connectivity index (χ1v) is 11.7. The number of para-hydroxylation sites is 1. The number of hydrogen-bond acceptors (Lipinski definition) is 4. The van der Waals surface area contributed by atoms with Crippen molar-refractivity contribution in [1.29, 1.82) is 0 Å². The Balaban J connectivity index is 2.30. The standard InChI is InChI=1S/C27H28Cl2N2O4/c1-26(2,3)31(34)25(33)27(17-18-11-6-5-7-12-18,19-13-8-9-16-22(19)35-4)30-24(32)23-20(28)14-10-15-21(23)29/h5-16,34H,17H2,1-4H3,(H,30,32)/t27-/m1/s1. The van der Waals surface area contributed by atoms with Gasteiger partial charge in [-0.15, -0.1) is 0 Å². The molecule has 0 spiro atoms. The first kappa shape index (κ1) is 26.5. The minimum atomic E-state index is -1.77. The third-order valence-electron chi connectivity index (χ3n) is 5.59. The highest BCUT2D eigenvalue weighted by Gasteiger charge is 2.48. The second-order valence-corrected chi connectivity index (χ2v) is 9.92. The summed E-state index contributed by atoms with van der Waals surface area (Å²) in [5.74, 6) is -1.04. The van der Waals surface area contributed by atoms with Crippen LogP contribution in [0.4, 0.5) is 0 Å². The molecule has 0 aliphatic carbocycles. The Bertz CT molecular complexity index is 1190. The largest absolute Gasteiger partial charge is 0.496 e. The van der Waals surface area contributed by atoms with Gasteiger partial charge in [0, 0.05) is 12.0 Å². The summed E-state index contributed by atoms with van der Waals surface area (Å²) in [6.45, 7) is 5.06. The number of hydroxylamine groups is 2. The van der Waals surface area contributed by atoms with Gasteiger partial charge in [0.2, 0.25) is 0 Å². The van der Waals surface area contributed by atoms with Crippen LogP contribution >= 0.6 is 23.2 Å². The van der Waals surface area contributed by atoms with Crippen LogP contribution in [0.5, 0.6) is 5.75 Å². The number of ether oxygens (including phenoxy) is 1. The Hall–Kier alpha value is -3.06. The van der Waals surface area contributed by atoms with Gasteiger partial charge in [0.05, 0.1) is 28.3 Å². The molecule has 0 aliphatic heterocycles. The maximum atomic E-state index is 14.2. The minimum absolute atomic E-state index is 0.0218. The predicted octanol–water partition coefficient (Wildman–Crippen LogP) is 5.89. The average Bonchev–Trinajstić information content (AvgIpc) is 2.82. The molecule has 184 valence electrons. The smallest absolute Gasteiger partial charge is 0.277 e. The number of carbonyl (C=O) groups excluding carboxylic acids is 2. The highest BCUT2D eigenvalue weighted by molar-refractivity contribution is 6.39. The lowest BCUT2D eigenvalue weighted by Gasteiger charge is -2.41. The fourth-order valence-electron chi connectivity index (χ4n) is 3.81. The van der Waals surface area contributed by atoms with Crippen molar-refractivity contribution in [2.45, 2.75) is 38.3 Å². The van der Waals surface area contributed by atoms with Crippen molar-refractivity contribution in [3.63, 3.8) is 0 Å². The van der Waals surface area contributed by atoms with Gasteiger partial charge >= 0.3 is 0 Å². The number of nitrogens with zero attached hydrogens (tertiary/aromatic N) is 1. The molecule has 0 bridgehead atoms. The van der Waals surface area contributed by atoms with Gasteiger partial charge in [-0.05, 0) is 44.5 Å². The van der Waals surface area contributed by atoms with Crippen LogP contribution < -0.4 is 10.1 Å². The number of halogens is 2. The summed E-state index contributed by atoms with van der Waals surface area (Å²) in [5.41, 5.74) is -1.59. The molecule has 0 radical (unpaired) electrons. The summed E-state index contributed by atoms with van der Waals surface area (Å²) >= 11 is 12.6. The molecule has 3 aromatic carbocycles. The van der Waals surface area contributed by atoms with E-state index in [0.29, 0.717) is 16.4 Å². The van der Waals surface area contributed by atoms with E-state index in [2.05, 4.69) is 5.32 Å². The monoisotopic (exact) mass is 514 g/mol. The number of nitrogens with one attached hydrogen (secondary N) is 1. The second kappa shape index (κ2) is 10.7. The van der Waals surface area contributed by atoms with Crippen molar-refractivity contribution in [2.75, 3.05) is 7.11 Å². The molecule has 1 atom stereocenters. The second-order valence-electron chi connectivity index (χ2n) is 9.11. The third kappa shape index (κ3) is 5.61. The summed E-state index contributed by atoms with van der Waals surface area (Å²) < 4.78 is 5.58. The van der Waals surface area contributed by atoms with E-state index in [1.165, 1.54) is 7.11 Å². The minimum Gasteiger partial charge on any atom is -0.496 e. The van der Waals surface area contributed by atoms with Crippen LogP contribution in [0.1, 0.15) is 42.3 Å². The zero-order valence-corrected chi connectivity index (χ0v) is 21.5. The summed E-state index contributed by atoms with van der Waals surface area (Å²) in [6.07, 6.45) is 0.0218. The van der Waals surface area contributed by atoms with Gasteiger partial charge in [0.25, 0.3) is 11.8 Å². The molecule has 6 nitrogen and oxygen atoms in total. The summed E-state index contributed by atoms with van der Waals surface area (Å²) in [7, 11) is 1.48. The van der Waals surface area contributed by atoms with E-state index in [1.54, 1.807) is 63.2 Å². The fourth-order valence-corrected chi connectivity index (χ4v) is 4.38. The van der Waals surface area contributed by atoms with Gasteiger partial charge in [-0.1, -0.05) is 77.8 Å². The van der Waals surface area contributed by atoms with Gasteiger partial charge in [0.15, 0.2) is 5.54 Å². The SMILES string of the molecule is COc1ccccc1[C@@](Cc1ccccc1)(NC(=O)c1c(Cl)cccc1Cl)C(=O)N(O)C(C)(C)C. The van der Waals surface area contributed by atoms with Crippen LogP contribution in [0.2, 0.25) is 10.0 Å². The van der Waals surface area contributed by atoms with E-state index in [-0.39, 0.29) is 22.0 Å². The third-order valence-corrected chi connectivity index (χ3v) is 6.22. The highest BCUT2D eigenvalue weighted by Crippen LogP contribution is 2.37. The Labute approximate surface area is 215 Å². The maximum Gasteiger partial charge on any atom is 0.277 e. The van der Waals surface area contributed by atoms with Crippen molar-refractivity contribution < 1.29 is 19.5 Å². The maximum absolute atomic E-state index is 14.2. The zero-order chi connectivity index (χ0) is 25.8. The molecule has 0 aromatic heterocycles. The Morgan fingerprint density at radius 3 is 2.06 bits per heavy atom. The molecule has 8 heteroatoms. The van der Waals surface area contributed by atoms with Gasteiger partial charge in [-0.3, -0.25) is 14.8 Å². The molecule has 3 rings (SSSR count). The van der Waals surface area contributed by atoms with Crippen molar-refractivity contribution >= 4 is 35.0 Å². The molecule has 0 saturated heterocycles. The van der Waals surface area contributed by atoms with E-state index < -0.39 is 22.9 Å². The number of rotatable bonds is 7. The molecule has 0 aliphatic rings. The van der Waals surface area contributed by atoms with Crippen molar-refractivity contribution in [3.05, 3.63) is 99.5 Å². The van der Waals surface area contributed by atoms with E-state index in [9.17, 15) is 14.8 Å². The molecule has 0 unspecified atom stereocenters. The lowest BCUT2D eigenvalue weighted by Crippen LogP contribution is -2.61. The molecule has 0 heterocycles. The van der Waals surface area contributed by atoms with E-state index in [4.69, 9.17) is 27.9 Å². The van der Waals surface area contributed by atoms with Crippen LogP contribution in [0.15, 0.2) is 72.8 Å². The number of hydrogen-bond donors (Lipinski definition) is 2. The lowest BCUT2D eigenvalue weighted by atomic mass is 9.81. The topological polar surface area (TPSA) is 78.9 Å². The van der Waals surface area contributed by atoms with Crippen LogP contribution in [0, 0.1) is 0 Å². The zero-order valence-electron chi connectivity index (χ0n) is 20.0. The Morgan fingerprint density at radius 2 is 1.49 bits per heavy atom. The Morgan fingerprint density at radius 1 is 0.914 bits per heavy atom. The molecule has 2 N–H and O–H groups in total. The van der Waals surface area contributed by atoms with Crippen molar-refractivity contribution in [2.24, 2.45) is 0 Å². The molecular formula is C27H28Cl2N2O4. The number of carbonyl (C=O) groups is 2.